The van der Waals surface area contributed by atoms with E-state index in [2.05, 4.69) is 34.6 Å². The van der Waals surface area contributed by atoms with Crippen molar-refractivity contribution in [1.82, 2.24) is 10.2 Å². The van der Waals surface area contributed by atoms with Crippen LogP contribution in [0.15, 0.2) is 24.3 Å². The summed E-state index contributed by atoms with van der Waals surface area (Å²) in [6.07, 6.45) is 2.59. The van der Waals surface area contributed by atoms with Crippen LogP contribution in [0.2, 0.25) is 0 Å². The first-order chi connectivity index (χ1) is 11.2. The number of nitrogens with one attached hydrogen (secondary N) is 2. The van der Waals surface area contributed by atoms with Crippen molar-refractivity contribution in [2.45, 2.75) is 26.3 Å². The molecule has 1 saturated heterocycles. The number of carbonyl (C=O) groups excluding carboxylic acids is 1. The summed E-state index contributed by atoms with van der Waals surface area (Å²) >= 11 is 0. The Hall–Kier alpha value is -1.43. The zero-order chi connectivity index (χ0) is 16.5. The fourth-order valence-electron chi connectivity index (χ4n) is 2.75. The number of hydrogen-bond acceptors (Lipinski definition) is 4. The van der Waals surface area contributed by atoms with E-state index in [0.29, 0.717) is 19.7 Å². The highest BCUT2D eigenvalue weighted by Crippen LogP contribution is 2.18. The molecule has 1 aliphatic rings. The van der Waals surface area contributed by atoms with Crippen LogP contribution in [0.5, 0.6) is 0 Å². The van der Waals surface area contributed by atoms with Gasteiger partial charge in [0.05, 0.1) is 13.2 Å². The van der Waals surface area contributed by atoms with E-state index >= 15 is 0 Å². The molecule has 2 rings (SSSR count). The maximum Gasteiger partial charge on any atom is 0.238 e. The highest BCUT2D eigenvalue weighted by atomic mass is 16.5. The summed E-state index contributed by atoms with van der Waals surface area (Å²) in [6.45, 7) is 7.30. The molecule has 5 nitrogen and oxygen atoms in total. The minimum atomic E-state index is -0.0288. The predicted octanol–water partition coefficient (Wildman–Crippen LogP) is 2.09. The number of rotatable bonds is 8. The number of carbonyl (C=O) groups is 1. The number of likely N-dealkylation sites (tertiary alicyclic amines) is 1. The molecule has 0 atom stereocenters. The maximum absolute atomic E-state index is 11.8. The first-order valence-corrected chi connectivity index (χ1v) is 8.48. The van der Waals surface area contributed by atoms with Crippen molar-refractivity contribution in [3.63, 3.8) is 0 Å². The second-order valence-electron chi connectivity index (χ2n) is 6.37. The van der Waals surface area contributed by atoms with Gasteiger partial charge in [-0.1, -0.05) is 19.1 Å². The van der Waals surface area contributed by atoms with Crippen LogP contribution in [-0.2, 0) is 16.1 Å². The van der Waals surface area contributed by atoms with Crippen LogP contribution in [0, 0.1) is 5.92 Å². The quantitative estimate of drug-likeness (QED) is 0.721. The number of benzene rings is 1. The lowest BCUT2D eigenvalue weighted by molar-refractivity contribution is -0.115. The Labute approximate surface area is 139 Å². The molecule has 0 saturated carbocycles. The van der Waals surface area contributed by atoms with Crippen LogP contribution < -0.4 is 10.6 Å². The Morgan fingerprint density at radius 3 is 2.61 bits per heavy atom. The Kier molecular flexibility index (Phi) is 7.52. The van der Waals surface area contributed by atoms with Gasteiger partial charge in [0, 0.05) is 25.9 Å². The minimum Gasteiger partial charge on any atom is -0.383 e. The fraction of sp³-hybridized carbons (Fsp3) is 0.611. The molecular formula is C18H29N3O2. The molecule has 2 N–H and O–H groups in total. The number of ether oxygens (including phenoxy) is 1. The molecule has 1 heterocycles. The Balaban J connectivity index is 1.72. The highest BCUT2D eigenvalue weighted by molar-refractivity contribution is 5.92. The van der Waals surface area contributed by atoms with Crippen LogP contribution in [0.1, 0.15) is 25.3 Å². The van der Waals surface area contributed by atoms with E-state index in [0.717, 1.165) is 18.2 Å². The van der Waals surface area contributed by atoms with Crippen LogP contribution in [0.4, 0.5) is 5.69 Å². The van der Waals surface area contributed by atoms with E-state index in [1.807, 2.05) is 12.1 Å². The molecule has 0 spiro atoms. The molecule has 1 aliphatic heterocycles. The third kappa shape index (κ3) is 6.69. The Morgan fingerprint density at radius 2 is 1.96 bits per heavy atom. The molecule has 0 unspecified atom stereocenters. The number of piperidine rings is 1. The molecule has 23 heavy (non-hydrogen) atoms. The lowest BCUT2D eigenvalue weighted by atomic mass is 9.99. The Bertz CT molecular complexity index is 468. The Morgan fingerprint density at radius 1 is 1.26 bits per heavy atom. The summed E-state index contributed by atoms with van der Waals surface area (Å²) in [6, 6.07) is 8.17. The van der Waals surface area contributed by atoms with E-state index in [9.17, 15) is 4.79 Å². The summed E-state index contributed by atoms with van der Waals surface area (Å²) in [5, 5.41) is 5.93. The van der Waals surface area contributed by atoms with Crippen LogP contribution >= 0.6 is 0 Å². The van der Waals surface area contributed by atoms with Crippen molar-refractivity contribution < 1.29 is 9.53 Å². The molecule has 1 aromatic carbocycles. The molecule has 1 fully saturated rings. The molecule has 128 valence electrons. The van der Waals surface area contributed by atoms with E-state index in [1.54, 1.807) is 7.11 Å². The number of anilines is 1. The average Bonchev–Trinajstić information content (AvgIpc) is 2.56. The minimum absolute atomic E-state index is 0.0288. The van der Waals surface area contributed by atoms with Crippen molar-refractivity contribution >= 4 is 11.6 Å². The van der Waals surface area contributed by atoms with Crippen molar-refractivity contribution in [3.05, 3.63) is 29.8 Å². The fourth-order valence-corrected chi connectivity index (χ4v) is 2.75. The second kappa shape index (κ2) is 9.65. The SMILES string of the molecule is COCCNCC(=O)Nc1ccc(CN2CCC(C)CC2)cc1. The van der Waals surface area contributed by atoms with E-state index in [-0.39, 0.29) is 5.91 Å². The van der Waals surface area contributed by atoms with Gasteiger partial charge >= 0.3 is 0 Å². The molecule has 5 heteroatoms. The summed E-state index contributed by atoms with van der Waals surface area (Å²) in [5.74, 6) is 0.834. The molecule has 0 bridgehead atoms. The van der Waals surface area contributed by atoms with Gasteiger partial charge < -0.3 is 15.4 Å². The number of hydrogen-bond donors (Lipinski definition) is 2. The summed E-state index contributed by atoms with van der Waals surface area (Å²) < 4.78 is 4.93. The van der Waals surface area contributed by atoms with Gasteiger partial charge in [0.2, 0.25) is 5.91 Å². The van der Waals surface area contributed by atoms with Crippen LogP contribution in [0.25, 0.3) is 0 Å². The summed E-state index contributed by atoms with van der Waals surface area (Å²) in [7, 11) is 1.65. The first kappa shape index (κ1) is 17.9. The topological polar surface area (TPSA) is 53.6 Å². The molecule has 1 amide bonds. The van der Waals surface area contributed by atoms with E-state index in [4.69, 9.17) is 4.74 Å². The smallest absolute Gasteiger partial charge is 0.238 e. The third-order valence-corrected chi connectivity index (χ3v) is 4.29. The zero-order valence-corrected chi connectivity index (χ0v) is 14.3. The van der Waals surface area contributed by atoms with Crippen molar-refractivity contribution in [3.8, 4) is 0 Å². The molecule has 1 aromatic rings. The van der Waals surface area contributed by atoms with E-state index in [1.165, 1.54) is 31.5 Å². The van der Waals surface area contributed by atoms with Gasteiger partial charge in [-0.05, 0) is 49.5 Å². The monoisotopic (exact) mass is 319 g/mol. The zero-order valence-electron chi connectivity index (χ0n) is 14.3. The molecule has 0 radical (unpaired) electrons. The normalized spacial score (nSPS) is 16.4. The number of amides is 1. The lowest BCUT2D eigenvalue weighted by Crippen LogP contribution is -2.32. The summed E-state index contributed by atoms with van der Waals surface area (Å²) in [4.78, 5) is 14.3. The average molecular weight is 319 g/mol. The van der Waals surface area contributed by atoms with Gasteiger partial charge in [0.15, 0.2) is 0 Å². The van der Waals surface area contributed by atoms with Crippen molar-refractivity contribution in [2.24, 2.45) is 5.92 Å². The summed E-state index contributed by atoms with van der Waals surface area (Å²) in [5.41, 5.74) is 2.15. The van der Waals surface area contributed by atoms with Crippen LogP contribution in [0.3, 0.4) is 0 Å². The molecule has 0 aliphatic carbocycles. The highest BCUT2D eigenvalue weighted by Gasteiger charge is 2.15. The number of nitrogens with zero attached hydrogens (tertiary/aromatic N) is 1. The predicted molar refractivity (Wildman–Crippen MR) is 93.5 cm³/mol. The van der Waals surface area contributed by atoms with Crippen molar-refractivity contribution in [2.75, 3.05) is 45.2 Å². The van der Waals surface area contributed by atoms with Crippen LogP contribution in [-0.4, -0.2) is 50.7 Å². The van der Waals surface area contributed by atoms with Gasteiger partial charge in [-0.3, -0.25) is 9.69 Å². The largest absolute Gasteiger partial charge is 0.383 e. The van der Waals surface area contributed by atoms with Crippen molar-refractivity contribution in [1.29, 1.82) is 0 Å². The standard InChI is InChI=1S/C18H29N3O2/c1-15-7-10-21(11-8-15)14-16-3-5-17(6-4-16)20-18(22)13-19-9-12-23-2/h3-6,15,19H,7-14H2,1-2H3,(H,20,22). The molecule has 0 aromatic heterocycles. The molecular weight excluding hydrogens is 290 g/mol. The van der Waals surface area contributed by atoms with Gasteiger partial charge in [-0.25, -0.2) is 0 Å². The lowest BCUT2D eigenvalue weighted by Gasteiger charge is -2.30. The van der Waals surface area contributed by atoms with Gasteiger partial charge in [0.1, 0.15) is 0 Å². The maximum atomic E-state index is 11.8. The number of methoxy groups -OCH3 is 1. The van der Waals surface area contributed by atoms with Gasteiger partial charge in [0.25, 0.3) is 0 Å². The second-order valence-corrected chi connectivity index (χ2v) is 6.37. The third-order valence-electron chi connectivity index (χ3n) is 4.29. The van der Waals surface area contributed by atoms with Gasteiger partial charge in [-0.15, -0.1) is 0 Å². The first-order valence-electron chi connectivity index (χ1n) is 8.48. The van der Waals surface area contributed by atoms with Gasteiger partial charge in [-0.2, -0.15) is 0 Å². The van der Waals surface area contributed by atoms with E-state index < -0.39 is 0 Å².